The quantitative estimate of drug-likeness (QED) is 0.226. The minimum Gasteiger partial charge on any atom is -0.354 e. The number of benzene rings is 3. The number of hydrogen-bond acceptors (Lipinski definition) is 5. The van der Waals surface area contributed by atoms with Crippen LogP contribution in [0.5, 0.6) is 0 Å². The van der Waals surface area contributed by atoms with Gasteiger partial charge in [-0.25, -0.2) is 4.79 Å². The molecule has 0 aliphatic heterocycles. The number of carbonyl (C=O) groups excluding carboxylic acids is 3. The highest BCUT2D eigenvalue weighted by Gasteiger charge is 2.15. The van der Waals surface area contributed by atoms with Crippen LogP contribution in [-0.2, 0) is 44.9 Å². The van der Waals surface area contributed by atoms with Gasteiger partial charge in [0.15, 0.2) is 0 Å². The Labute approximate surface area is 230 Å². The number of rotatable bonds is 13. The molecule has 0 radical (unpaired) electrons. The SMILES string of the molecule is Cl.NC(Cc1ccccc1)C(=O)NCCC(=O)ONC(=O)Cc1ccc(CCCCc2ccccc2)cc1. The van der Waals surface area contributed by atoms with Crippen molar-refractivity contribution in [1.29, 1.82) is 0 Å². The van der Waals surface area contributed by atoms with E-state index >= 15 is 0 Å². The Balaban J connectivity index is 0.00000507. The summed E-state index contributed by atoms with van der Waals surface area (Å²) in [5.74, 6) is -1.41. The first-order chi connectivity index (χ1) is 18.0. The predicted molar refractivity (Wildman–Crippen MR) is 150 cm³/mol. The van der Waals surface area contributed by atoms with Crippen LogP contribution in [-0.4, -0.2) is 30.4 Å². The number of hydroxylamine groups is 1. The zero-order valence-electron chi connectivity index (χ0n) is 21.4. The van der Waals surface area contributed by atoms with Crippen LogP contribution in [0.2, 0.25) is 0 Å². The summed E-state index contributed by atoms with van der Waals surface area (Å²) in [5, 5.41) is 2.62. The highest BCUT2D eigenvalue weighted by Crippen LogP contribution is 2.11. The maximum atomic E-state index is 12.1. The summed E-state index contributed by atoms with van der Waals surface area (Å²) in [6.07, 6.45) is 4.72. The summed E-state index contributed by atoms with van der Waals surface area (Å²) < 4.78 is 0. The number of aryl methyl sites for hydroxylation is 2. The maximum absolute atomic E-state index is 12.1. The minimum absolute atomic E-state index is 0. The molecule has 2 amide bonds. The van der Waals surface area contributed by atoms with Gasteiger partial charge in [-0.2, -0.15) is 5.48 Å². The second kappa shape index (κ2) is 16.9. The molecule has 0 spiro atoms. The van der Waals surface area contributed by atoms with E-state index in [0.717, 1.165) is 36.8 Å². The Morgan fingerprint density at radius 3 is 1.87 bits per heavy atom. The molecule has 0 aliphatic rings. The topological polar surface area (TPSA) is 111 Å². The first kappa shape index (κ1) is 30.5. The predicted octanol–water partition coefficient (Wildman–Crippen LogP) is 3.87. The normalized spacial score (nSPS) is 11.1. The standard InChI is InChI=1S/C30H35N3O4.ClH/c31-27(21-25-13-5-2-6-14-25)30(36)32-20-19-29(35)37-33-28(34)22-26-17-15-24(16-18-26)12-8-7-11-23-9-3-1-4-10-23;/h1-6,9-10,13-18,27H,7-8,11-12,19-22,31H2,(H,32,36)(H,33,34);1H. The Kier molecular flexibility index (Phi) is 13.6. The highest BCUT2D eigenvalue weighted by atomic mass is 35.5. The molecule has 202 valence electrons. The molecule has 0 saturated carbocycles. The van der Waals surface area contributed by atoms with Crippen LogP contribution in [0, 0.1) is 0 Å². The lowest BCUT2D eigenvalue weighted by atomic mass is 10.0. The number of carbonyl (C=O) groups is 3. The number of amides is 2. The van der Waals surface area contributed by atoms with E-state index in [0.29, 0.717) is 6.42 Å². The van der Waals surface area contributed by atoms with Crippen LogP contribution in [0.25, 0.3) is 0 Å². The fraction of sp³-hybridized carbons (Fsp3) is 0.300. The Hall–Kier alpha value is -3.68. The van der Waals surface area contributed by atoms with Gasteiger partial charge in [-0.05, 0) is 54.4 Å². The van der Waals surface area contributed by atoms with Gasteiger partial charge in [-0.15, -0.1) is 12.4 Å². The summed E-state index contributed by atoms with van der Waals surface area (Å²) in [7, 11) is 0. The van der Waals surface area contributed by atoms with Crippen molar-refractivity contribution in [2.45, 2.75) is 51.0 Å². The molecule has 0 aliphatic carbocycles. The number of nitrogens with two attached hydrogens (primary N) is 1. The van der Waals surface area contributed by atoms with Gasteiger partial charge in [0, 0.05) is 6.54 Å². The Bertz CT molecular complexity index is 1130. The third-order valence-corrected chi connectivity index (χ3v) is 5.95. The van der Waals surface area contributed by atoms with Crippen molar-refractivity contribution in [1.82, 2.24) is 10.8 Å². The molecular weight excluding hydrogens is 502 g/mol. The third-order valence-electron chi connectivity index (χ3n) is 5.95. The van der Waals surface area contributed by atoms with E-state index in [4.69, 9.17) is 10.6 Å². The molecule has 0 aromatic heterocycles. The van der Waals surface area contributed by atoms with Gasteiger partial charge in [0.05, 0.1) is 18.9 Å². The summed E-state index contributed by atoms with van der Waals surface area (Å²) in [5.41, 5.74) is 12.5. The van der Waals surface area contributed by atoms with Crippen molar-refractivity contribution in [3.8, 4) is 0 Å². The van der Waals surface area contributed by atoms with E-state index in [-0.39, 0.29) is 37.7 Å². The molecule has 3 aromatic carbocycles. The van der Waals surface area contributed by atoms with E-state index in [1.54, 1.807) is 0 Å². The molecule has 0 bridgehead atoms. The second-order valence-electron chi connectivity index (χ2n) is 9.02. The summed E-state index contributed by atoms with van der Waals surface area (Å²) in [4.78, 5) is 40.9. The fourth-order valence-corrected chi connectivity index (χ4v) is 3.89. The van der Waals surface area contributed by atoms with Gasteiger partial charge in [-0.1, -0.05) is 84.9 Å². The van der Waals surface area contributed by atoms with E-state index in [1.165, 1.54) is 11.1 Å². The largest absolute Gasteiger partial charge is 0.354 e. The van der Waals surface area contributed by atoms with Gasteiger partial charge in [0.2, 0.25) is 5.91 Å². The van der Waals surface area contributed by atoms with Crippen LogP contribution >= 0.6 is 12.4 Å². The smallest absolute Gasteiger partial charge is 0.334 e. The van der Waals surface area contributed by atoms with Crippen molar-refractivity contribution < 1.29 is 19.2 Å². The fourth-order valence-electron chi connectivity index (χ4n) is 3.89. The van der Waals surface area contributed by atoms with Gasteiger partial charge >= 0.3 is 5.97 Å². The zero-order valence-corrected chi connectivity index (χ0v) is 22.3. The van der Waals surface area contributed by atoms with Crippen molar-refractivity contribution in [2.75, 3.05) is 6.54 Å². The molecule has 38 heavy (non-hydrogen) atoms. The molecule has 0 fully saturated rings. The van der Waals surface area contributed by atoms with Crippen LogP contribution in [0.1, 0.15) is 41.5 Å². The van der Waals surface area contributed by atoms with Gasteiger partial charge in [0.25, 0.3) is 5.91 Å². The molecule has 8 heteroatoms. The second-order valence-corrected chi connectivity index (χ2v) is 9.02. The lowest BCUT2D eigenvalue weighted by molar-refractivity contribution is -0.158. The Morgan fingerprint density at radius 2 is 1.26 bits per heavy atom. The molecule has 1 atom stereocenters. The summed E-state index contributed by atoms with van der Waals surface area (Å²) >= 11 is 0. The molecular formula is C30H36ClN3O4. The highest BCUT2D eigenvalue weighted by molar-refractivity contribution is 5.85. The van der Waals surface area contributed by atoms with Crippen LogP contribution in [0.3, 0.4) is 0 Å². The molecule has 7 nitrogen and oxygen atoms in total. The van der Waals surface area contributed by atoms with Crippen molar-refractivity contribution in [2.24, 2.45) is 5.73 Å². The molecule has 0 heterocycles. The number of nitrogens with one attached hydrogen (secondary N) is 2. The van der Waals surface area contributed by atoms with Crippen LogP contribution in [0.4, 0.5) is 0 Å². The van der Waals surface area contributed by atoms with Gasteiger partial charge in [0.1, 0.15) is 0 Å². The minimum atomic E-state index is -0.709. The van der Waals surface area contributed by atoms with Crippen molar-refractivity contribution in [3.63, 3.8) is 0 Å². The monoisotopic (exact) mass is 537 g/mol. The average molecular weight is 538 g/mol. The average Bonchev–Trinajstić information content (AvgIpc) is 2.92. The molecule has 0 saturated heterocycles. The van der Waals surface area contributed by atoms with E-state index in [1.807, 2.05) is 60.7 Å². The van der Waals surface area contributed by atoms with E-state index in [9.17, 15) is 14.4 Å². The third kappa shape index (κ3) is 11.6. The van der Waals surface area contributed by atoms with Crippen molar-refractivity contribution in [3.05, 3.63) is 107 Å². The van der Waals surface area contributed by atoms with Gasteiger partial charge < -0.3 is 15.9 Å². The molecule has 3 aromatic rings. The summed E-state index contributed by atoms with van der Waals surface area (Å²) in [6.45, 7) is 0.0723. The maximum Gasteiger partial charge on any atom is 0.334 e. The molecule has 4 N–H and O–H groups in total. The molecule has 1 unspecified atom stereocenters. The van der Waals surface area contributed by atoms with Gasteiger partial charge in [-0.3, -0.25) is 9.59 Å². The Morgan fingerprint density at radius 1 is 0.737 bits per heavy atom. The first-order valence-corrected chi connectivity index (χ1v) is 12.7. The lowest BCUT2D eigenvalue weighted by Crippen LogP contribution is -2.43. The van der Waals surface area contributed by atoms with Crippen LogP contribution < -0.4 is 16.5 Å². The number of unbranched alkanes of at least 4 members (excludes halogenated alkanes) is 1. The van der Waals surface area contributed by atoms with Crippen molar-refractivity contribution >= 4 is 30.2 Å². The number of halogens is 1. The number of hydrogen-bond donors (Lipinski definition) is 3. The molecule has 3 rings (SSSR count). The summed E-state index contributed by atoms with van der Waals surface area (Å²) in [6, 6.07) is 27.1. The van der Waals surface area contributed by atoms with E-state index < -0.39 is 17.9 Å². The van der Waals surface area contributed by atoms with E-state index in [2.05, 4.69) is 35.1 Å². The first-order valence-electron chi connectivity index (χ1n) is 12.7. The lowest BCUT2D eigenvalue weighted by Gasteiger charge is -2.12. The zero-order chi connectivity index (χ0) is 26.3. The van der Waals surface area contributed by atoms with Crippen LogP contribution in [0.15, 0.2) is 84.9 Å².